The molecule has 29 heavy (non-hydrogen) atoms. The van der Waals surface area contributed by atoms with E-state index in [2.05, 4.69) is 50.8 Å². The molecule has 0 unspecified atom stereocenters. The standard InChI is InChI=1S/C21H25N7O/c1-21(2,11-15-5-3-4-6-17(15)16-12-23-14-24-13-16)18-25-19(22)27-20(26-18)28-7-9-29-10-8-28/h3-6,12-14H,7-11H2,1-2H3,(H2,22,25,26,27). The van der Waals surface area contributed by atoms with Crippen LogP contribution in [0.2, 0.25) is 0 Å². The lowest BCUT2D eigenvalue weighted by Crippen LogP contribution is -2.38. The van der Waals surface area contributed by atoms with Crippen LogP contribution < -0.4 is 10.6 Å². The average Bonchev–Trinajstić information content (AvgIpc) is 2.75. The van der Waals surface area contributed by atoms with Crippen molar-refractivity contribution in [1.82, 2.24) is 24.9 Å². The van der Waals surface area contributed by atoms with Gasteiger partial charge in [0.1, 0.15) is 12.2 Å². The Morgan fingerprint density at radius 1 is 1.03 bits per heavy atom. The highest BCUT2D eigenvalue weighted by Crippen LogP contribution is 2.31. The fraction of sp³-hybridized carbons (Fsp3) is 0.381. The molecule has 1 saturated heterocycles. The van der Waals surface area contributed by atoms with Gasteiger partial charge in [-0.15, -0.1) is 0 Å². The molecule has 1 aliphatic rings. The minimum atomic E-state index is -0.343. The van der Waals surface area contributed by atoms with Gasteiger partial charge < -0.3 is 15.4 Å². The minimum absolute atomic E-state index is 0.245. The lowest BCUT2D eigenvalue weighted by atomic mass is 9.82. The highest BCUT2D eigenvalue weighted by Gasteiger charge is 2.28. The van der Waals surface area contributed by atoms with Crippen LogP contribution in [0.3, 0.4) is 0 Å². The number of anilines is 2. The van der Waals surface area contributed by atoms with Crippen LogP contribution in [-0.4, -0.2) is 51.2 Å². The normalized spacial score (nSPS) is 14.8. The van der Waals surface area contributed by atoms with Crippen molar-refractivity contribution < 1.29 is 4.74 Å². The van der Waals surface area contributed by atoms with Crippen molar-refractivity contribution in [1.29, 1.82) is 0 Å². The van der Waals surface area contributed by atoms with Crippen molar-refractivity contribution in [3.63, 3.8) is 0 Å². The Hall–Kier alpha value is -3.13. The number of hydrogen-bond donors (Lipinski definition) is 1. The molecule has 8 heteroatoms. The topological polar surface area (TPSA) is 103 Å². The Morgan fingerprint density at radius 3 is 2.52 bits per heavy atom. The molecular formula is C21H25N7O. The van der Waals surface area contributed by atoms with Gasteiger partial charge in [-0.1, -0.05) is 38.1 Å². The summed E-state index contributed by atoms with van der Waals surface area (Å²) in [6.45, 7) is 7.08. The number of benzene rings is 1. The van der Waals surface area contributed by atoms with Crippen LogP contribution in [0.5, 0.6) is 0 Å². The lowest BCUT2D eigenvalue weighted by Gasteiger charge is -2.29. The molecule has 0 spiro atoms. The first-order valence-electron chi connectivity index (χ1n) is 9.71. The zero-order valence-corrected chi connectivity index (χ0v) is 16.7. The highest BCUT2D eigenvalue weighted by molar-refractivity contribution is 5.66. The SMILES string of the molecule is CC(C)(Cc1ccccc1-c1cncnc1)c1nc(N)nc(N2CCOCC2)n1. The van der Waals surface area contributed by atoms with Crippen LogP contribution in [0.4, 0.5) is 11.9 Å². The maximum Gasteiger partial charge on any atom is 0.230 e. The molecule has 0 amide bonds. The van der Waals surface area contributed by atoms with E-state index < -0.39 is 0 Å². The molecule has 1 aromatic carbocycles. The Kier molecular flexibility index (Phi) is 5.35. The maximum absolute atomic E-state index is 6.04. The molecule has 0 saturated carbocycles. The van der Waals surface area contributed by atoms with Crippen molar-refractivity contribution >= 4 is 11.9 Å². The molecule has 0 radical (unpaired) electrons. The van der Waals surface area contributed by atoms with E-state index in [0.717, 1.165) is 30.6 Å². The van der Waals surface area contributed by atoms with Gasteiger partial charge in [0.15, 0.2) is 0 Å². The van der Waals surface area contributed by atoms with E-state index in [1.807, 2.05) is 24.5 Å². The molecule has 4 rings (SSSR count). The lowest BCUT2D eigenvalue weighted by molar-refractivity contribution is 0.122. The van der Waals surface area contributed by atoms with Crippen LogP contribution in [0.25, 0.3) is 11.1 Å². The van der Waals surface area contributed by atoms with E-state index in [4.69, 9.17) is 15.5 Å². The summed E-state index contributed by atoms with van der Waals surface area (Å²) in [7, 11) is 0. The van der Waals surface area contributed by atoms with E-state index in [1.165, 1.54) is 11.9 Å². The summed E-state index contributed by atoms with van der Waals surface area (Å²) in [6, 6.07) is 8.28. The number of nitrogens with zero attached hydrogens (tertiary/aromatic N) is 6. The number of morpholine rings is 1. The van der Waals surface area contributed by atoms with Crippen molar-refractivity contribution in [3.05, 3.63) is 54.4 Å². The second kappa shape index (κ2) is 8.08. The summed E-state index contributed by atoms with van der Waals surface area (Å²) in [5.41, 5.74) is 8.97. The van der Waals surface area contributed by atoms with Crippen LogP contribution >= 0.6 is 0 Å². The van der Waals surface area contributed by atoms with Crippen molar-refractivity contribution in [2.75, 3.05) is 36.9 Å². The molecule has 3 aromatic rings. The Morgan fingerprint density at radius 2 is 1.76 bits per heavy atom. The molecule has 0 aliphatic carbocycles. The first-order valence-corrected chi connectivity index (χ1v) is 9.71. The van der Waals surface area contributed by atoms with E-state index in [0.29, 0.717) is 25.0 Å². The summed E-state index contributed by atoms with van der Waals surface area (Å²) in [5, 5.41) is 0. The Bertz CT molecular complexity index is 972. The second-order valence-corrected chi connectivity index (χ2v) is 7.76. The molecule has 3 heterocycles. The predicted octanol–water partition coefficient (Wildman–Crippen LogP) is 2.27. The highest BCUT2D eigenvalue weighted by atomic mass is 16.5. The Balaban J connectivity index is 1.66. The predicted molar refractivity (Wildman–Crippen MR) is 111 cm³/mol. The van der Waals surface area contributed by atoms with E-state index in [1.54, 1.807) is 0 Å². The van der Waals surface area contributed by atoms with Crippen LogP contribution in [0, 0.1) is 0 Å². The minimum Gasteiger partial charge on any atom is -0.378 e. The molecule has 8 nitrogen and oxygen atoms in total. The molecular weight excluding hydrogens is 366 g/mol. The van der Waals surface area contributed by atoms with Gasteiger partial charge in [0.25, 0.3) is 0 Å². The molecule has 150 valence electrons. The molecule has 1 aliphatic heterocycles. The van der Waals surface area contributed by atoms with Gasteiger partial charge in [-0.3, -0.25) is 0 Å². The average molecular weight is 391 g/mol. The number of rotatable bonds is 5. The van der Waals surface area contributed by atoms with E-state index in [9.17, 15) is 0 Å². The van der Waals surface area contributed by atoms with E-state index >= 15 is 0 Å². The number of aromatic nitrogens is 5. The first-order chi connectivity index (χ1) is 14.0. The molecule has 2 N–H and O–H groups in total. The number of nitrogen functional groups attached to an aromatic ring is 1. The third kappa shape index (κ3) is 4.32. The smallest absolute Gasteiger partial charge is 0.230 e. The first kappa shape index (κ1) is 19.2. The fourth-order valence-electron chi connectivity index (χ4n) is 3.54. The molecule has 0 bridgehead atoms. The van der Waals surface area contributed by atoms with Gasteiger partial charge in [-0.05, 0) is 17.5 Å². The van der Waals surface area contributed by atoms with Crippen LogP contribution in [0.15, 0.2) is 43.0 Å². The second-order valence-electron chi connectivity index (χ2n) is 7.76. The largest absolute Gasteiger partial charge is 0.378 e. The number of ether oxygens (including phenoxy) is 1. The molecule has 1 fully saturated rings. The molecule has 2 aromatic heterocycles. The maximum atomic E-state index is 6.04. The summed E-state index contributed by atoms with van der Waals surface area (Å²) < 4.78 is 5.43. The third-order valence-electron chi connectivity index (χ3n) is 5.06. The Labute approximate surface area is 170 Å². The van der Waals surface area contributed by atoms with Gasteiger partial charge in [-0.25, -0.2) is 9.97 Å². The van der Waals surface area contributed by atoms with Crippen LogP contribution in [0.1, 0.15) is 25.2 Å². The quantitative estimate of drug-likeness (QED) is 0.706. The zero-order valence-electron chi connectivity index (χ0n) is 16.7. The van der Waals surface area contributed by atoms with Gasteiger partial charge in [0.2, 0.25) is 11.9 Å². The van der Waals surface area contributed by atoms with Gasteiger partial charge >= 0.3 is 0 Å². The van der Waals surface area contributed by atoms with Crippen molar-refractivity contribution in [2.24, 2.45) is 0 Å². The van der Waals surface area contributed by atoms with Crippen molar-refractivity contribution in [3.8, 4) is 11.1 Å². The van der Waals surface area contributed by atoms with Gasteiger partial charge in [-0.2, -0.15) is 15.0 Å². The summed E-state index contributed by atoms with van der Waals surface area (Å²) >= 11 is 0. The van der Waals surface area contributed by atoms with Crippen molar-refractivity contribution in [2.45, 2.75) is 25.7 Å². The summed E-state index contributed by atoms with van der Waals surface area (Å²) in [5.74, 6) is 1.55. The number of hydrogen-bond acceptors (Lipinski definition) is 8. The van der Waals surface area contributed by atoms with Gasteiger partial charge in [0.05, 0.1) is 13.2 Å². The third-order valence-corrected chi connectivity index (χ3v) is 5.06. The fourth-order valence-corrected chi connectivity index (χ4v) is 3.54. The summed E-state index contributed by atoms with van der Waals surface area (Å²) in [4.78, 5) is 24.0. The zero-order chi connectivity index (χ0) is 20.3. The monoisotopic (exact) mass is 391 g/mol. The van der Waals surface area contributed by atoms with E-state index in [-0.39, 0.29) is 11.4 Å². The summed E-state index contributed by atoms with van der Waals surface area (Å²) in [6.07, 6.45) is 5.94. The molecule has 0 atom stereocenters. The van der Waals surface area contributed by atoms with Gasteiger partial charge in [0, 0.05) is 36.5 Å². The number of nitrogens with two attached hydrogens (primary N) is 1. The van der Waals surface area contributed by atoms with Crippen LogP contribution in [-0.2, 0) is 16.6 Å².